The van der Waals surface area contributed by atoms with Crippen molar-refractivity contribution >= 4 is 39.1 Å². The average Bonchev–Trinajstić information content (AvgIpc) is 2.58. The van der Waals surface area contributed by atoms with E-state index < -0.39 is 10.0 Å². The summed E-state index contributed by atoms with van der Waals surface area (Å²) in [6.07, 6.45) is 3.10. The van der Waals surface area contributed by atoms with Crippen molar-refractivity contribution in [3.05, 3.63) is 48.0 Å². The van der Waals surface area contributed by atoms with Crippen molar-refractivity contribution in [1.29, 1.82) is 0 Å². The van der Waals surface area contributed by atoms with Gasteiger partial charge in [0.25, 0.3) is 10.0 Å². The fraction of sp³-hybridized carbons (Fsp3) is 0.235. The normalized spacial score (nSPS) is 14.4. The van der Waals surface area contributed by atoms with Crippen molar-refractivity contribution in [1.82, 2.24) is 0 Å². The lowest BCUT2D eigenvalue weighted by molar-refractivity contribution is -0.118. The highest BCUT2D eigenvalue weighted by molar-refractivity contribution is 7.98. The van der Waals surface area contributed by atoms with Crippen LogP contribution in [0, 0.1) is 0 Å². The van der Waals surface area contributed by atoms with Crippen LogP contribution in [0.15, 0.2) is 52.3 Å². The largest absolute Gasteiger partial charge is 0.315 e. The Morgan fingerprint density at radius 1 is 1.08 bits per heavy atom. The fourth-order valence-corrected chi connectivity index (χ4v) is 4.12. The summed E-state index contributed by atoms with van der Waals surface area (Å²) in [6.45, 7) is 0. The second-order valence-electron chi connectivity index (χ2n) is 5.58. The third-order valence-corrected chi connectivity index (χ3v) is 6.19. The van der Waals surface area contributed by atoms with Crippen LogP contribution < -0.4 is 9.62 Å². The number of carbonyl (C=O) groups excluding carboxylic acids is 1. The Labute approximate surface area is 146 Å². The van der Waals surface area contributed by atoms with Gasteiger partial charge in [0.15, 0.2) is 0 Å². The van der Waals surface area contributed by atoms with Gasteiger partial charge in [-0.15, -0.1) is 11.8 Å². The number of fused-ring (bicyclic) bond motifs is 1. The predicted octanol–water partition coefficient (Wildman–Crippen LogP) is 3.12. The number of nitrogens with one attached hydrogen (secondary N) is 1. The number of carbonyl (C=O) groups is 1. The molecule has 0 aliphatic carbocycles. The molecule has 0 spiro atoms. The molecule has 2 aromatic carbocycles. The van der Waals surface area contributed by atoms with E-state index in [4.69, 9.17) is 0 Å². The van der Waals surface area contributed by atoms with Gasteiger partial charge in [-0.3, -0.25) is 9.52 Å². The van der Waals surface area contributed by atoms with Gasteiger partial charge in [-0.25, -0.2) is 8.42 Å². The summed E-state index contributed by atoms with van der Waals surface area (Å²) in [5, 5.41) is 0. The van der Waals surface area contributed by atoms with Gasteiger partial charge in [-0.2, -0.15) is 0 Å². The molecule has 5 nitrogen and oxygen atoms in total. The van der Waals surface area contributed by atoms with Gasteiger partial charge in [0.2, 0.25) is 5.91 Å². The molecule has 1 aliphatic rings. The van der Waals surface area contributed by atoms with Crippen LogP contribution in [0.5, 0.6) is 0 Å². The smallest absolute Gasteiger partial charge is 0.261 e. The molecular weight excluding hydrogens is 344 g/mol. The van der Waals surface area contributed by atoms with E-state index >= 15 is 0 Å². The number of nitrogens with zero attached hydrogens (tertiary/aromatic N) is 1. The Morgan fingerprint density at radius 2 is 1.79 bits per heavy atom. The zero-order valence-corrected chi connectivity index (χ0v) is 15.1. The summed E-state index contributed by atoms with van der Waals surface area (Å²) < 4.78 is 27.6. The van der Waals surface area contributed by atoms with E-state index in [2.05, 4.69) is 4.72 Å². The highest BCUT2D eigenvalue weighted by Gasteiger charge is 2.22. The van der Waals surface area contributed by atoms with Gasteiger partial charge in [0.05, 0.1) is 10.6 Å². The van der Waals surface area contributed by atoms with Crippen LogP contribution >= 0.6 is 11.8 Å². The van der Waals surface area contributed by atoms with E-state index in [-0.39, 0.29) is 10.8 Å². The number of amides is 1. The molecule has 3 rings (SSSR count). The number of rotatable bonds is 4. The van der Waals surface area contributed by atoms with Gasteiger partial charge in [-0.05, 0) is 54.6 Å². The van der Waals surface area contributed by atoms with Crippen LogP contribution in [0.1, 0.15) is 12.0 Å². The third-order valence-electron chi connectivity index (χ3n) is 4.05. The first-order valence-electron chi connectivity index (χ1n) is 7.47. The van der Waals surface area contributed by atoms with E-state index in [1.807, 2.05) is 12.3 Å². The summed E-state index contributed by atoms with van der Waals surface area (Å²) in [4.78, 5) is 14.6. The van der Waals surface area contributed by atoms with Gasteiger partial charge in [-0.1, -0.05) is 6.07 Å². The summed E-state index contributed by atoms with van der Waals surface area (Å²) in [6, 6.07) is 12.0. The van der Waals surface area contributed by atoms with Crippen LogP contribution in [-0.4, -0.2) is 27.6 Å². The maximum Gasteiger partial charge on any atom is 0.261 e. The minimum Gasteiger partial charge on any atom is -0.315 e. The van der Waals surface area contributed by atoms with Gasteiger partial charge in [0.1, 0.15) is 0 Å². The standard InChI is InChI=1S/C17H18N2O3S2/c1-19-16-11-13(5-3-12(16)4-10-17(19)20)18-24(21,22)15-8-6-14(23-2)7-9-15/h3,5-9,11,18H,4,10H2,1-2H3. The van der Waals surface area contributed by atoms with Gasteiger partial charge in [0, 0.05) is 24.1 Å². The van der Waals surface area contributed by atoms with Crippen molar-refractivity contribution in [2.45, 2.75) is 22.6 Å². The van der Waals surface area contributed by atoms with E-state index in [1.54, 1.807) is 60.1 Å². The maximum absolute atomic E-state index is 12.5. The zero-order valence-electron chi connectivity index (χ0n) is 13.4. The minimum atomic E-state index is -3.66. The van der Waals surface area contributed by atoms with Crippen LogP contribution in [-0.2, 0) is 21.2 Å². The number of hydrogen-bond donors (Lipinski definition) is 1. The molecule has 0 aromatic heterocycles. The molecule has 0 fully saturated rings. The van der Waals surface area contributed by atoms with Crippen molar-refractivity contribution < 1.29 is 13.2 Å². The van der Waals surface area contributed by atoms with E-state index in [0.29, 0.717) is 18.5 Å². The van der Waals surface area contributed by atoms with Crippen LogP contribution in [0.4, 0.5) is 11.4 Å². The number of thioether (sulfide) groups is 1. The molecule has 1 N–H and O–H groups in total. The second kappa shape index (κ2) is 6.49. The SMILES string of the molecule is CSc1ccc(S(=O)(=O)Nc2ccc3c(c2)N(C)C(=O)CC3)cc1. The van der Waals surface area contributed by atoms with E-state index in [9.17, 15) is 13.2 Å². The van der Waals surface area contributed by atoms with Crippen molar-refractivity contribution in [3.63, 3.8) is 0 Å². The first-order valence-corrected chi connectivity index (χ1v) is 10.2. The van der Waals surface area contributed by atoms with Crippen molar-refractivity contribution in [2.24, 2.45) is 0 Å². The summed E-state index contributed by atoms with van der Waals surface area (Å²) in [5.41, 5.74) is 2.25. The first-order chi connectivity index (χ1) is 11.4. The summed E-state index contributed by atoms with van der Waals surface area (Å²) in [5.74, 6) is 0.0372. The molecule has 1 aliphatic heterocycles. The van der Waals surface area contributed by atoms with Crippen LogP contribution in [0.25, 0.3) is 0 Å². The molecule has 0 bridgehead atoms. The summed E-state index contributed by atoms with van der Waals surface area (Å²) >= 11 is 1.56. The lowest BCUT2D eigenvalue weighted by Gasteiger charge is -2.26. The molecule has 2 aromatic rings. The molecule has 0 saturated heterocycles. The molecule has 24 heavy (non-hydrogen) atoms. The number of anilines is 2. The maximum atomic E-state index is 12.5. The van der Waals surface area contributed by atoms with E-state index in [1.165, 1.54) is 0 Å². The Balaban J connectivity index is 1.88. The zero-order chi connectivity index (χ0) is 17.3. The molecule has 0 atom stereocenters. The number of aryl methyl sites for hydroxylation is 1. The van der Waals surface area contributed by atoms with Crippen LogP contribution in [0.2, 0.25) is 0 Å². The molecule has 0 unspecified atom stereocenters. The molecule has 7 heteroatoms. The molecular formula is C17H18N2O3S2. The quantitative estimate of drug-likeness (QED) is 0.849. The Morgan fingerprint density at radius 3 is 2.46 bits per heavy atom. The van der Waals surface area contributed by atoms with Gasteiger partial charge >= 0.3 is 0 Å². The lowest BCUT2D eigenvalue weighted by Crippen LogP contribution is -2.31. The lowest BCUT2D eigenvalue weighted by atomic mass is 10.0. The third kappa shape index (κ3) is 3.27. The topological polar surface area (TPSA) is 66.5 Å². The number of benzene rings is 2. The molecule has 126 valence electrons. The monoisotopic (exact) mass is 362 g/mol. The molecule has 1 heterocycles. The summed E-state index contributed by atoms with van der Waals surface area (Å²) in [7, 11) is -1.95. The molecule has 0 saturated carbocycles. The van der Waals surface area contributed by atoms with Crippen LogP contribution in [0.3, 0.4) is 0 Å². The predicted molar refractivity (Wildman–Crippen MR) is 97.2 cm³/mol. The average molecular weight is 362 g/mol. The van der Waals surface area contributed by atoms with Crippen molar-refractivity contribution in [3.8, 4) is 0 Å². The number of sulfonamides is 1. The molecule has 1 amide bonds. The Hall–Kier alpha value is -1.99. The van der Waals surface area contributed by atoms with Crippen molar-refractivity contribution in [2.75, 3.05) is 22.9 Å². The van der Waals surface area contributed by atoms with Gasteiger partial charge < -0.3 is 4.90 Å². The Bertz CT molecular complexity index is 877. The Kier molecular flexibility index (Phi) is 4.56. The minimum absolute atomic E-state index is 0.0372. The van der Waals surface area contributed by atoms with E-state index in [0.717, 1.165) is 16.1 Å². The number of hydrogen-bond acceptors (Lipinski definition) is 4. The first kappa shape index (κ1) is 16.9. The highest BCUT2D eigenvalue weighted by Crippen LogP contribution is 2.30. The highest BCUT2D eigenvalue weighted by atomic mass is 32.2. The fourth-order valence-electron chi connectivity index (χ4n) is 2.66. The molecule has 0 radical (unpaired) electrons. The second-order valence-corrected chi connectivity index (χ2v) is 8.14.